The molecule has 1 atom stereocenters. The molecule has 1 unspecified atom stereocenters. The highest BCUT2D eigenvalue weighted by Gasteiger charge is 2.17. The zero-order chi connectivity index (χ0) is 37.8. The van der Waals surface area contributed by atoms with E-state index in [1.54, 1.807) is 0 Å². The third-order valence-corrected chi connectivity index (χ3v) is 9.35. The Morgan fingerprint density at radius 1 is 0.442 bits per heavy atom. The number of rotatable bonds is 40. The normalized spacial score (nSPS) is 12.6. The second kappa shape index (κ2) is 43.3. The van der Waals surface area contributed by atoms with Gasteiger partial charge in [-0.1, -0.05) is 179 Å². The Hall–Kier alpha value is -2.14. The van der Waals surface area contributed by atoms with E-state index in [9.17, 15) is 9.59 Å². The third kappa shape index (κ3) is 40.6. The zero-order valence-corrected chi connectivity index (χ0v) is 34.6. The van der Waals surface area contributed by atoms with Crippen molar-refractivity contribution in [1.82, 2.24) is 0 Å². The number of unbranched alkanes of at least 4 members (excludes halogenated alkanes) is 21. The number of ether oxygens (including phenoxy) is 3. The van der Waals surface area contributed by atoms with Gasteiger partial charge in [-0.25, -0.2) is 0 Å². The van der Waals surface area contributed by atoms with Crippen LogP contribution in [0.25, 0.3) is 0 Å². The quantitative estimate of drug-likeness (QED) is 0.0357. The van der Waals surface area contributed by atoms with Gasteiger partial charge in [0, 0.05) is 19.4 Å². The molecule has 0 amide bonds. The van der Waals surface area contributed by atoms with Crippen molar-refractivity contribution in [3.63, 3.8) is 0 Å². The van der Waals surface area contributed by atoms with Crippen molar-refractivity contribution in [3.05, 3.63) is 48.6 Å². The van der Waals surface area contributed by atoms with Gasteiger partial charge in [-0.15, -0.1) is 0 Å². The molecule has 0 aliphatic rings. The Balaban J connectivity index is 4.26. The number of carbonyl (C=O) groups is 2. The molecule has 0 bridgehead atoms. The first kappa shape index (κ1) is 49.9. The number of esters is 2. The fraction of sp³-hybridized carbons (Fsp3) is 0.787. The van der Waals surface area contributed by atoms with Gasteiger partial charge >= 0.3 is 11.9 Å². The van der Waals surface area contributed by atoms with Crippen LogP contribution in [0.1, 0.15) is 213 Å². The van der Waals surface area contributed by atoms with E-state index in [1.807, 2.05) is 0 Å². The van der Waals surface area contributed by atoms with Crippen LogP contribution in [0.3, 0.4) is 0 Å². The van der Waals surface area contributed by atoms with Crippen LogP contribution >= 0.6 is 0 Å². The molecule has 0 aromatic heterocycles. The molecule has 0 radical (unpaired) electrons. The molecular formula is C47H84O5. The van der Waals surface area contributed by atoms with Crippen LogP contribution in [0.15, 0.2) is 48.6 Å². The summed E-state index contributed by atoms with van der Waals surface area (Å²) in [4.78, 5) is 25.2. The molecule has 0 aliphatic carbocycles. The number of hydrogen-bond donors (Lipinski definition) is 0. The topological polar surface area (TPSA) is 61.8 Å². The lowest BCUT2D eigenvalue weighted by Crippen LogP contribution is -2.30. The monoisotopic (exact) mass is 729 g/mol. The second-order valence-corrected chi connectivity index (χ2v) is 14.6. The maximum absolute atomic E-state index is 12.7. The molecule has 5 nitrogen and oxygen atoms in total. The molecule has 0 fully saturated rings. The summed E-state index contributed by atoms with van der Waals surface area (Å²) in [5, 5.41) is 0. The largest absolute Gasteiger partial charge is 0.462 e. The van der Waals surface area contributed by atoms with Crippen molar-refractivity contribution in [1.29, 1.82) is 0 Å². The molecule has 5 heteroatoms. The molecule has 0 saturated heterocycles. The SMILES string of the molecule is CC/C=C\C/C=C\C/C=C\CCCCCCCC(=O)OCC(COCCCCCCCCCCCC)OC(=O)CCCCCCC/C=C\CCCC. The van der Waals surface area contributed by atoms with Crippen LogP contribution < -0.4 is 0 Å². The van der Waals surface area contributed by atoms with Crippen LogP contribution in [0.4, 0.5) is 0 Å². The van der Waals surface area contributed by atoms with Gasteiger partial charge in [-0.05, 0) is 70.6 Å². The smallest absolute Gasteiger partial charge is 0.306 e. The van der Waals surface area contributed by atoms with Gasteiger partial charge in [-0.3, -0.25) is 9.59 Å². The number of allylic oxidation sites excluding steroid dienone is 8. The molecule has 302 valence electrons. The van der Waals surface area contributed by atoms with E-state index in [0.29, 0.717) is 19.4 Å². The molecule has 52 heavy (non-hydrogen) atoms. The van der Waals surface area contributed by atoms with E-state index >= 15 is 0 Å². The second-order valence-electron chi connectivity index (χ2n) is 14.6. The van der Waals surface area contributed by atoms with E-state index < -0.39 is 6.10 Å². The summed E-state index contributed by atoms with van der Waals surface area (Å²) in [6.07, 6.45) is 51.0. The van der Waals surface area contributed by atoms with Crippen molar-refractivity contribution in [3.8, 4) is 0 Å². The summed E-state index contributed by atoms with van der Waals surface area (Å²) in [5.74, 6) is -0.425. The van der Waals surface area contributed by atoms with Crippen LogP contribution in [-0.4, -0.2) is 37.9 Å². The highest BCUT2D eigenvalue weighted by Crippen LogP contribution is 2.13. The van der Waals surface area contributed by atoms with Gasteiger partial charge in [0.05, 0.1) is 6.61 Å². The molecule has 0 aromatic rings. The first-order valence-corrected chi connectivity index (χ1v) is 22.2. The zero-order valence-electron chi connectivity index (χ0n) is 34.6. The Labute approximate surface area is 322 Å². The van der Waals surface area contributed by atoms with Crippen LogP contribution in [0.5, 0.6) is 0 Å². The van der Waals surface area contributed by atoms with Gasteiger partial charge in [0.25, 0.3) is 0 Å². The highest BCUT2D eigenvalue weighted by molar-refractivity contribution is 5.70. The average Bonchev–Trinajstić information content (AvgIpc) is 3.14. The fourth-order valence-corrected chi connectivity index (χ4v) is 6.03. The summed E-state index contributed by atoms with van der Waals surface area (Å²) < 4.78 is 17.3. The summed E-state index contributed by atoms with van der Waals surface area (Å²) in [6, 6.07) is 0. The van der Waals surface area contributed by atoms with Gasteiger partial charge in [0.1, 0.15) is 6.61 Å². The van der Waals surface area contributed by atoms with Crippen LogP contribution in [0.2, 0.25) is 0 Å². The van der Waals surface area contributed by atoms with Crippen molar-refractivity contribution >= 4 is 11.9 Å². The van der Waals surface area contributed by atoms with Gasteiger partial charge in [0.2, 0.25) is 0 Å². The molecule has 0 spiro atoms. The fourth-order valence-electron chi connectivity index (χ4n) is 6.03. The lowest BCUT2D eigenvalue weighted by Gasteiger charge is -2.18. The van der Waals surface area contributed by atoms with Crippen molar-refractivity contribution in [2.45, 2.75) is 219 Å². The van der Waals surface area contributed by atoms with Crippen molar-refractivity contribution < 1.29 is 23.8 Å². The van der Waals surface area contributed by atoms with Crippen molar-refractivity contribution in [2.75, 3.05) is 19.8 Å². The minimum Gasteiger partial charge on any atom is -0.462 e. The highest BCUT2D eigenvalue weighted by atomic mass is 16.6. The van der Waals surface area contributed by atoms with Crippen molar-refractivity contribution in [2.24, 2.45) is 0 Å². The van der Waals surface area contributed by atoms with Gasteiger partial charge in [0.15, 0.2) is 6.10 Å². The molecule has 0 aliphatic heterocycles. The third-order valence-electron chi connectivity index (χ3n) is 9.35. The molecule has 0 saturated carbocycles. The maximum atomic E-state index is 12.7. The van der Waals surface area contributed by atoms with Gasteiger partial charge < -0.3 is 14.2 Å². The van der Waals surface area contributed by atoms with Crippen LogP contribution in [0, 0.1) is 0 Å². The Morgan fingerprint density at radius 2 is 0.885 bits per heavy atom. The molecule has 0 aromatic carbocycles. The standard InChI is InChI=1S/C47H84O5/c1-4-7-10-13-16-19-22-23-24-25-27-28-31-34-37-40-46(48)51-44-45(43-50-42-39-36-33-30-21-18-15-12-9-6-3)52-47(49)41-38-35-32-29-26-20-17-14-11-8-5-2/h7,10,14,16-17,19,23-24,45H,4-6,8-9,11-13,15,18,20-22,25-44H2,1-3H3/b10-7-,17-14-,19-16-,24-23-. The molecule has 0 rings (SSSR count). The van der Waals surface area contributed by atoms with E-state index in [0.717, 1.165) is 83.5 Å². The van der Waals surface area contributed by atoms with E-state index in [2.05, 4.69) is 69.4 Å². The van der Waals surface area contributed by atoms with Gasteiger partial charge in [-0.2, -0.15) is 0 Å². The molecule has 0 heterocycles. The lowest BCUT2D eigenvalue weighted by molar-refractivity contribution is -0.163. The first-order valence-electron chi connectivity index (χ1n) is 22.2. The van der Waals surface area contributed by atoms with E-state index in [-0.39, 0.29) is 25.2 Å². The minimum absolute atomic E-state index is 0.0747. The average molecular weight is 729 g/mol. The summed E-state index contributed by atoms with van der Waals surface area (Å²) >= 11 is 0. The number of hydrogen-bond acceptors (Lipinski definition) is 5. The maximum Gasteiger partial charge on any atom is 0.306 e. The van der Waals surface area contributed by atoms with Crippen LogP contribution in [-0.2, 0) is 23.8 Å². The minimum atomic E-state index is -0.541. The van der Waals surface area contributed by atoms with E-state index in [4.69, 9.17) is 14.2 Å². The predicted molar refractivity (Wildman–Crippen MR) is 224 cm³/mol. The molecular weight excluding hydrogens is 645 g/mol. The Morgan fingerprint density at radius 3 is 1.46 bits per heavy atom. The summed E-state index contributed by atoms with van der Waals surface area (Å²) in [5.41, 5.74) is 0. The van der Waals surface area contributed by atoms with E-state index in [1.165, 1.54) is 96.3 Å². The lowest BCUT2D eigenvalue weighted by atomic mass is 10.1. The number of carbonyl (C=O) groups excluding carboxylic acids is 2. The first-order chi connectivity index (χ1) is 25.6. The summed E-state index contributed by atoms with van der Waals surface area (Å²) in [7, 11) is 0. The predicted octanol–water partition coefficient (Wildman–Crippen LogP) is 14.4. The Bertz CT molecular complexity index is 873. The summed E-state index contributed by atoms with van der Waals surface area (Å²) in [6.45, 7) is 7.65. The molecule has 0 N–H and O–H groups in total. The Kier molecular flexibility index (Phi) is 41.5.